The lowest BCUT2D eigenvalue weighted by atomic mass is 9.77. The summed E-state index contributed by atoms with van der Waals surface area (Å²) >= 11 is 6.05. The summed E-state index contributed by atoms with van der Waals surface area (Å²) in [5, 5.41) is 3.54. The molecule has 28 heavy (non-hydrogen) atoms. The molecule has 1 aliphatic heterocycles. The van der Waals surface area contributed by atoms with Gasteiger partial charge in [0, 0.05) is 44.9 Å². The van der Waals surface area contributed by atoms with Crippen LogP contribution in [0.5, 0.6) is 0 Å². The highest BCUT2D eigenvalue weighted by Crippen LogP contribution is 2.43. The van der Waals surface area contributed by atoms with Gasteiger partial charge < -0.3 is 15.0 Å². The number of halogens is 1. The third-order valence-electron chi connectivity index (χ3n) is 5.92. The molecule has 6 nitrogen and oxygen atoms in total. The SMILES string of the molecule is COCCNC(=O)CN1CCN(C(=O)C2(c3ccc(Cl)cc3)CCCC2)CC1. The monoisotopic (exact) mass is 407 g/mol. The molecule has 1 aromatic rings. The zero-order valence-corrected chi connectivity index (χ0v) is 17.3. The maximum Gasteiger partial charge on any atom is 0.234 e. The van der Waals surface area contributed by atoms with E-state index in [0.29, 0.717) is 37.8 Å². The van der Waals surface area contributed by atoms with Crippen LogP contribution in [0.25, 0.3) is 0 Å². The first-order chi connectivity index (χ1) is 13.5. The van der Waals surface area contributed by atoms with Gasteiger partial charge in [0.2, 0.25) is 11.8 Å². The first-order valence-electron chi connectivity index (χ1n) is 10.1. The van der Waals surface area contributed by atoms with Gasteiger partial charge >= 0.3 is 0 Å². The molecule has 1 saturated carbocycles. The maximum absolute atomic E-state index is 13.5. The number of hydrogen-bond acceptors (Lipinski definition) is 4. The van der Waals surface area contributed by atoms with Crippen molar-refractivity contribution in [3.8, 4) is 0 Å². The third kappa shape index (κ3) is 4.85. The molecular weight excluding hydrogens is 378 g/mol. The van der Waals surface area contributed by atoms with Crippen molar-refractivity contribution in [3.05, 3.63) is 34.9 Å². The van der Waals surface area contributed by atoms with Gasteiger partial charge in [-0.15, -0.1) is 0 Å². The summed E-state index contributed by atoms with van der Waals surface area (Å²) in [4.78, 5) is 29.6. The van der Waals surface area contributed by atoms with Crippen LogP contribution in [-0.2, 0) is 19.7 Å². The summed E-state index contributed by atoms with van der Waals surface area (Å²) in [6, 6.07) is 7.77. The van der Waals surface area contributed by atoms with Gasteiger partial charge in [0.25, 0.3) is 0 Å². The van der Waals surface area contributed by atoms with Gasteiger partial charge in [-0.05, 0) is 30.5 Å². The number of carbonyl (C=O) groups excluding carboxylic acids is 2. The predicted octanol–water partition coefficient (Wildman–Crippen LogP) is 2.06. The Balaban J connectivity index is 1.57. The Morgan fingerprint density at radius 3 is 2.36 bits per heavy atom. The Morgan fingerprint density at radius 2 is 1.75 bits per heavy atom. The second-order valence-electron chi connectivity index (χ2n) is 7.71. The molecule has 2 fully saturated rings. The van der Waals surface area contributed by atoms with Crippen molar-refractivity contribution >= 4 is 23.4 Å². The summed E-state index contributed by atoms with van der Waals surface area (Å²) in [7, 11) is 1.61. The van der Waals surface area contributed by atoms with Crippen molar-refractivity contribution in [1.29, 1.82) is 0 Å². The van der Waals surface area contributed by atoms with Crippen molar-refractivity contribution in [2.45, 2.75) is 31.1 Å². The molecule has 1 N–H and O–H groups in total. The van der Waals surface area contributed by atoms with E-state index in [1.54, 1.807) is 7.11 Å². The molecule has 0 spiro atoms. The van der Waals surface area contributed by atoms with Crippen LogP contribution < -0.4 is 5.32 Å². The number of nitrogens with zero attached hydrogens (tertiary/aromatic N) is 2. The molecular formula is C21H30ClN3O3. The van der Waals surface area contributed by atoms with E-state index in [1.807, 2.05) is 29.2 Å². The number of nitrogens with one attached hydrogen (secondary N) is 1. The topological polar surface area (TPSA) is 61.9 Å². The van der Waals surface area contributed by atoms with Crippen LogP contribution >= 0.6 is 11.6 Å². The number of piperazine rings is 1. The quantitative estimate of drug-likeness (QED) is 0.703. The maximum atomic E-state index is 13.5. The lowest BCUT2D eigenvalue weighted by molar-refractivity contribution is -0.139. The normalized spacial score (nSPS) is 19.6. The molecule has 0 aromatic heterocycles. The molecule has 2 aliphatic rings. The first kappa shape index (κ1) is 21.1. The number of methoxy groups -OCH3 is 1. The molecule has 1 aliphatic carbocycles. The van der Waals surface area contributed by atoms with E-state index >= 15 is 0 Å². The van der Waals surface area contributed by atoms with Crippen molar-refractivity contribution in [3.63, 3.8) is 0 Å². The second kappa shape index (κ2) is 9.72. The molecule has 7 heteroatoms. The highest BCUT2D eigenvalue weighted by atomic mass is 35.5. The van der Waals surface area contributed by atoms with Crippen LogP contribution in [0.2, 0.25) is 5.02 Å². The fourth-order valence-corrected chi connectivity index (χ4v) is 4.46. The van der Waals surface area contributed by atoms with Gasteiger partial charge in [-0.3, -0.25) is 14.5 Å². The lowest BCUT2D eigenvalue weighted by Crippen LogP contribution is -2.55. The Bertz CT molecular complexity index is 666. The summed E-state index contributed by atoms with van der Waals surface area (Å²) in [6.45, 7) is 4.19. The van der Waals surface area contributed by atoms with Crippen molar-refractivity contribution in [2.24, 2.45) is 0 Å². The molecule has 154 valence electrons. The standard InChI is InChI=1S/C21H30ClN3O3/c1-28-15-10-23-19(26)16-24-11-13-25(14-12-24)20(27)21(8-2-3-9-21)17-4-6-18(22)7-5-17/h4-7H,2-3,8-16H2,1H3,(H,23,26). The molecule has 0 radical (unpaired) electrons. The molecule has 0 unspecified atom stereocenters. The zero-order chi connectivity index (χ0) is 20.0. The highest BCUT2D eigenvalue weighted by molar-refractivity contribution is 6.30. The average Bonchev–Trinajstić information content (AvgIpc) is 3.20. The fourth-order valence-electron chi connectivity index (χ4n) is 4.34. The summed E-state index contributed by atoms with van der Waals surface area (Å²) < 4.78 is 4.94. The zero-order valence-electron chi connectivity index (χ0n) is 16.6. The van der Waals surface area contributed by atoms with E-state index in [9.17, 15) is 9.59 Å². The second-order valence-corrected chi connectivity index (χ2v) is 8.14. The first-order valence-corrected chi connectivity index (χ1v) is 10.5. The third-order valence-corrected chi connectivity index (χ3v) is 6.17. The van der Waals surface area contributed by atoms with Crippen LogP contribution in [-0.4, -0.2) is 74.6 Å². The smallest absolute Gasteiger partial charge is 0.234 e. The van der Waals surface area contributed by atoms with Gasteiger partial charge in [0.1, 0.15) is 0 Å². The van der Waals surface area contributed by atoms with Gasteiger partial charge in [-0.2, -0.15) is 0 Å². The van der Waals surface area contributed by atoms with Gasteiger partial charge in [0.15, 0.2) is 0 Å². The van der Waals surface area contributed by atoms with E-state index in [-0.39, 0.29) is 11.8 Å². The number of rotatable bonds is 7. The highest BCUT2D eigenvalue weighted by Gasteiger charge is 2.45. The summed E-state index contributed by atoms with van der Waals surface area (Å²) in [5.74, 6) is 0.238. The van der Waals surface area contributed by atoms with Crippen molar-refractivity contribution in [1.82, 2.24) is 15.1 Å². The summed E-state index contributed by atoms with van der Waals surface area (Å²) in [5.41, 5.74) is 0.670. The number of carbonyl (C=O) groups is 2. The van der Waals surface area contributed by atoms with E-state index < -0.39 is 5.41 Å². The van der Waals surface area contributed by atoms with E-state index in [1.165, 1.54) is 0 Å². The van der Waals surface area contributed by atoms with Crippen LogP contribution in [0.1, 0.15) is 31.2 Å². The lowest BCUT2D eigenvalue weighted by Gasteiger charge is -2.40. The van der Waals surface area contributed by atoms with E-state index in [4.69, 9.17) is 16.3 Å². The molecule has 0 bridgehead atoms. The molecule has 3 rings (SSSR count). The van der Waals surface area contributed by atoms with Gasteiger partial charge in [0.05, 0.1) is 18.6 Å². The van der Waals surface area contributed by atoms with Crippen LogP contribution in [0.4, 0.5) is 0 Å². The van der Waals surface area contributed by atoms with Crippen molar-refractivity contribution < 1.29 is 14.3 Å². The molecule has 0 atom stereocenters. The number of benzene rings is 1. The Kier molecular flexibility index (Phi) is 7.32. The largest absolute Gasteiger partial charge is 0.383 e. The number of ether oxygens (including phenoxy) is 1. The minimum absolute atomic E-state index is 0.00486. The Morgan fingerprint density at radius 1 is 1.11 bits per heavy atom. The number of hydrogen-bond donors (Lipinski definition) is 1. The van der Waals surface area contributed by atoms with E-state index in [2.05, 4.69) is 10.2 Å². The minimum atomic E-state index is -0.412. The van der Waals surface area contributed by atoms with E-state index in [0.717, 1.165) is 44.3 Å². The van der Waals surface area contributed by atoms with Crippen LogP contribution in [0.3, 0.4) is 0 Å². The Labute approximate surface area is 172 Å². The van der Waals surface area contributed by atoms with Crippen LogP contribution in [0, 0.1) is 0 Å². The fraction of sp³-hybridized carbons (Fsp3) is 0.619. The number of amides is 2. The minimum Gasteiger partial charge on any atom is -0.383 e. The molecule has 1 heterocycles. The van der Waals surface area contributed by atoms with Gasteiger partial charge in [-0.25, -0.2) is 0 Å². The molecule has 1 saturated heterocycles. The summed E-state index contributed by atoms with van der Waals surface area (Å²) in [6.07, 6.45) is 3.96. The molecule has 2 amide bonds. The predicted molar refractivity (Wildman–Crippen MR) is 110 cm³/mol. The average molecular weight is 408 g/mol. The van der Waals surface area contributed by atoms with Crippen molar-refractivity contribution in [2.75, 3.05) is 53.0 Å². The Hall–Kier alpha value is -1.63. The van der Waals surface area contributed by atoms with Gasteiger partial charge in [-0.1, -0.05) is 36.6 Å². The van der Waals surface area contributed by atoms with Crippen LogP contribution in [0.15, 0.2) is 24.3 Å². The molecule has 1 aromatic carbocycles.